The number of aldehydes is 1. The van der Waals surface area contributed by atoms with Crippen LogP contribution in [0, 0.1) is 0 Å². The van der Waals surface area contributed by atoms with E-state index in [1.807, 2.05) is 13.8 Å². The molecule has 11 heteroatoms. The van der Waals surface area contributed by atoms with Gasteiger partial charge < -0.3 is 29.6 Å². The van der Waals surface area contributed by atoms with Gasteiger partial charge in [0.2, 0.25) is 0 Å². The Hall–Kier alpha value is -3.76. The fraction of sp³-hybridized carbons (Fsp3) is 0.478. The molecule has 0 saturated heterocycles. The minimum atomic E-state index is -0.449. The Morgan fingerprint density at radius 1 is 1.18 bits per heavy atom. The molecule has 2 atom stereocenters. The highest BCUT2D eigenvalue weighted by atomic mass is 16.6. The van der Waals surface area contributed by atoms with E-state index in [2.05, 4.69) is 20.8 Å². The van der Waals surface area contributed by atoms with E-state index in [0.717, 1.165) is 18.5 Å². The molecule has 0 unspecified atom stereocenters. The van der Waals surface area contributed by atoms with Gasteiger partial charge in [-0.15, -0.1) is 0 Å². The summed E-state index contributed by atoms with van der Waals surface area (Å²) in [5.74, 6) is 0.921. The number of nitrogens with zero attached hydrogens (tertiary/aromatic N) is 1. The molecule has 0 radical (unpaired) electrons. The largest absolute Gasteiger partial charge is 0.496 e. The first-order chi connectivity index (χ1) is 16.3. The number of rotatable bonds is 10. The van der Waals surface area contributed by atoms with Crippen LogP contribution in [-0.2, 0) is 9.53 Å². The first-order valence-electron chi connectivity index (χ1n) is 11.0. The zero-order valence-electron chi connectivity index (χ0n) is 19.7. The van der Waals surface area contributed by atoms with Gasteiger partial charge in [0.05, 0.1) is 19.8 Å². The van der Waals surface area contributed by atoms with Crippen LogP contribution < -0.4 is 24.8 Å². The maximum Gasteiger partial charge on any atom is 0.407 e. The van der Waals surface area contributed by atoms with Gasteiger partial charge in [-0.2, -0.15) is 5.10 Å². The number of H-pyrrole nitrogens is 1. The minimum absolute atomic E-state index is 0.0171. The number of amides is 2. The summed E-state index contributed by atoms with van der Waals surface area (Å²) in [5, 5.41) is 12.5. The average Bonchev–Trinajstić information content (AvgIpc) is 3.45. The highest BCUT2D eigenvalue weighted by Gasteiger charge is 2.30. The maximum atomic E-state index is 12.4. The third-order valence-corrected chi connectivity index (χ3v) is 5.38. The third kappa shape index (κ3) is 6.40. The normalized spacial score (nSPS) is 17.2. The van der Waals surface area contributed by atoms with E-state index in [1.54, 1.807) is 12.1 Å². The Labute approximate surface area is 197 Å². The van der Waals surface area contributed by atoms with Crippen LogP contribution in [0.2, 0.25) is 0 Å². The second-order valence-electron chi connectivity index (χ2n) is 8.24. The molecule has 2 amide bonds. The molecule has 2 aromatic rings. The van der Waals surface area contributed by atoms with Crippen LogP contribution in [0.3, 0.4) is 0 Å². The fourth-order valence-electron chi connectivity index (χ4n) is 3.78. The molecule has 1 heterocycles. The number of hydrogen-bond acceptors (Lipinski definition) is 8. The quantitative estimate of drug-likeness (QED) is 0.446. The van der Waals surface area contributed by atoms with Gasteiger partial charge in [-0.1, -0.05) is 0 Å². The number of aromatic nitrogens is 2. The molecule has 184 valence electrons. The van der Waals surface area contributed by atoms with Crippen molar-refractivity contribution in [1.82, 2.24) is 15.5 Å². The molecular formula is C23H30N4O7. The number of hydrogen-bond donors (Lipinski definition) is 3. The number of methoxy groups -OCH3 is 2. The number of carbonyl (C=O) groups is 3. The molecule has 1 aromatic carbocycles. The van der Waals surface area contributed by atoms with Crippen molar-refractivity contribution in [2.45, 2.75) is 51.2 Å². The lowest BCUT2D eigenvalue weighted by Gasteiger charge is -2.14. The topological polar surface area (TPSA) is 141 Å². The van der Waals surface area contributed by atoms with E-state index in [0.29, 0.717) is 24.3 Å². The van der Waals surface area contributed by atoms with E-state index in [-0.39, 0.29) is 41.7 Å². The van der Waals surface area contributed by atoms with Gasteiger partial charge in [-0.05, 0) is 33.1 Å². The van der Waals surface area contributed by atoms with Crippen molar-refractivity contribution in [1.29, 1.82) is 0 Å². The molecule has 3 rings (SSSR count). The van der Waals surface area contributed by atoms with Gasteiger partial charge in [0.1, 0.15) is 23.4 Å². The van der Waals surface area contributed by atoms with Crippen molar-refractivity contribution in [2.24, 2.45) is 0 Å². The summed E-state index contributed by atoms with van der Waals surface area (Å²) >= 11 is 0. The SMILES string of the molecule is COc1cc(OC)c(C=O)c(OCC(=O)Nc2cc([C@H]3CC[C@@H](OC(=O)NC(C)C)C3)[nH]n2)c1. The van der Waals surface area contributed by atoms with E-state index in [4.69, 9.17) is 18.9 Å². The molecule has 1 aliphatic carbocycles. The third-order valence-electron chi connectivity index (χ3n) is 5.38. The second kappa shape index (κ2) is 11.4. The summed E-state index contributed by atoms with van der Waals surface area (Å²) in [6, 6.07) is 4.83. The van der Waals surface area contributed by atoms with Crippen molar-refractivity contribution >= 4 is 24.1 Å². The van der Waals surface area contributed by atoms with Crippen molar-refractivity contribution in [2.75, 3.05) is 26.1 Å². The summed E-state index contributed by atoms with van der Waals surface area (Å²) in [6.07, 6.45) is 2.29. The molecule has 1 aliphatic rings. The summed E-state index contributed by atoms with van der Waals surface area (Å²) in [6.45, 7) is 3.40. The van der Waals surface area contributed by atoms with Gasteiger partial charge in [0.15, 0.2) is 18.7 Å². The van der Waals surface area contributed by atoms with Crippen LogP contribution in [0.1, 0.15) is 55.1 Å². The lowest BCUT2D eigenvalue weighted by molar-refractivity contribution is -0.118. The lowest BCUT2D eigenvalue weighted by atomic mass is 10.0. The highest BCUT2D eigenvalue weighted by molar-refractivity contribution is 5.91. The lowest BCUT2D eigenvalue weighted by Crippen LogP contribution is -2.33. The highest BCUT2D eigenvalue weighted by Crippen LogP contribution is 2.36. The predicted molar refractivity (Wildman–Crippen MR) is 123 cm³/mol. The van der Waals surface area contributed by atoms with E-state index < -0.39 is 12.0 Å². The first-order valence-corrected chi connectivity index (χ1v) is 11.0. The van der Waals surface area contributed by atoms with Crippen LogP contribution in [-0.4, -0.2) is 61.5 Å². The number of nitrogens with one attached hydrogen (secondary N) is 3. The molecule has 1 fully saturated rings. The number of alkyl carbamates (subject to hydrolysis) is 1. The van der Waals surface area contributed by atoms with Crippen LogP contribution >= 0.6 is 0 Å². The molecule has 0 aliphatic heterocycles. The number of ether oxygens (including phenoxy) is 4. The Bertz CT molecular complexity index is 1020. The Morgan fingerprint density at radius 3 is 2.62 bits per heavy atom. The minimum Gasteiger partial charge on any atom is -0.496 e. The molecular weight excluding hydrogens is 444 g/mol. The van der Waals surface area contributed by atoms with Gasteiger partial charge in [0.25, 0.3) is 5.91 Å². The average molecular weight is 475 g/mol. The number of anilines is 1. The molecule has 0 spiro atoms. The van der Waals surface area contributed by atoms with Gasteiger partial charge >= 0.3 is 6.09 Å². The Morgan fingerprint density at radius 2 is 1.94 bits per heavy atom. The summed E-state index contributed by atoms with van der Waals surface area (Å²) in [4.78, 5) is 35.6. The van der Waals surface area contributed by atoms with E-state index in [9.17, 15) is 14.4 Å². The zero-order chi connectivity index (χ0) is 24.7. The summed E-state index contributed by atoms with van der Waals surface area (Å²) < 4.78 is 21.4. The van der Waals surface area contributed by atoms with Crippen molar-refractivity contribution in [3.05, 3.63) is 29.5 Å². The smallest absolute Gasteiger partial charge is 0.407 e. The molecule has 1 aromatic heterocycles. The number of benzene rings is 1. The molecule has 1 saturated carbocycles. The standard InChI is InChI=1S/C23H30N4O7/c1-13(2)24-23(30)34-15-6-5-14(7-15)18-10-21(27-26-18)25-22(29)12-33-20-9-16(31-3)8-19(32-4)17(20)11-28/h8-11,13-15H,5-7,12H2,1-4H3,(H,24,30)(H2,25,26,27,29)/t14-,15+/m0/s1. The maximum absolute atomic E-state index is 12.4. The number of carbonyl (C=O) groups excluding carboxylic acids is 3. The van der Waals surface area contributed by atoms with Crippen molar-refractivity contribution in [3.63, 3.8) is 0 Å². The van der Waals surface area contributed by atoms with Crippen molar-refractivity contribution in [3.8, 4) is 17.2 Å². The van der Waals surface area contributed by atoms with Gasteiger partial charge in [-0.3, -0.25) is 14.7 Å². The molecule has 34 heavy (non-hydrogen) atoms. The van der Waals surface area contributed by atoms with Gasteiger partial charge in [-0.25, -0.2) is 4.79 Å². The predicted octanol–water partition coefficient (Wildman–Crippen LogP) is 3.03. The fourth-order valence-corrected chi connectivity index (χ4v) is 3.78. The molecule has 0 bridgehead atoms. The Kier molecular flexibility index (Phi) is 8.34. The van der Waals surface area contributed by atoms with Crippen LogP contribution in [0.25, 0.3) is 0 Å². The molecule has 3 N–H and O–H groups in total. The molecule has 11 nitrogen and oxygen atoms in total. The van der Waals surface area contributed by atoms with Crippen LogP contribution in [0.5, 0.6) is 17.2 Å². The van der Waals surface area contributed by atoms with Crippen molar-refractivity contribution < 1.29 is 33.3 Å². The summed E-state index contributed by atoms with van der Waals surface area (Å²) in [5.41, 5.74) is 1.03. The first kappa shape index (κ1) is 24.9. The van der Waals surface area contributed by atoms with Crippen LogP contribution in [0.4, 0.5) is 10.6 Å². The number of aromatic amines is 1. The summed E-state index contributed by atoms with van der Waals surface area (Å²) in [7, 11) is 2.90. The monoisotopic (exact) mass is 474 g/mol. The zero-order valence-corrected chi connectivity index (χ0v) is 19.7. The second-order valence-corrected chi connectivity index (χ2v) is 8.24. The van der Waals surface area contributed by atoms with E-state index >= 15 is 0 Å². The van der Waals surface area contributed by atoms with E-state index in [1.165, 1.54) is 20.3 Å². The van der Waals surface area contributed by atoms with Crippen LogP contribution in [0.15, 0.2) is 18.2 Å². The Balaban J connectivity index is 1.53. The van der Waals surface area contributed by atoms with Gasteiger partial charge in [0, 0.05) is 35.9 Å².